The number of tetrazole rings is 1. The average Bonchev–Trinajstić information content (AvgIpc) is 3.22. The number of aromatic amines is 1. The van der Waals surface area contributed by atoms with E-state index in [0.29, 0.717) is 12.4 Å². The molecule has 0 atom stereocenters. The lowest BCUT2D eigenvalue weighted by atomic mass is 10.1. The molecule has 4 heterocycles. The summed E-state index contributed by atoms with van der Waals surface area (Å²) in [6.07, 6.45) is 3.63. The largest absolute Gasteiger partial charge is 0.364 e. The highest BCUT2D eigenvalue weighted by molar-refractivity contribution is 5.92. The fourth-order valence-corrected chi connectivity index (χ4v) is 2.45. The van der Waals surface area contributed by atoms with Crippen molar-refractivity contribution in [1.29, 1.82) is 0 Å². The number of anilines is 1. The van der Waals surface area contributed by atoms with E-state index in [-0.39, 0.29) is 0 Å². The molecule has 0 unspecified atom stereocenters. The normalized spacial score (nSPS) is 11.0. The molecule has 0 aromatic carbocycles. The molecule has 0 bridgehead atoms. The number of aromatic nitrogens is 7. The Kier molecular flexibility index (Phi) is 3.19. The number of rotatable bonds is 4. The molecular weight excluding hydrogens is 292 g/mol. The summed E-state index contributed by atoms with van der Waals surface area (Å²) < 4.78 is 1.64. The van der Waals surface area contributed by atoms with Crippen molar-refractivity contribution >= 4 is 16.9 Å². The summed E-state index contributed by atoms with van der Waals surface area (Å²) in [6.45, 7) is 0.594. The van der Waals surface area contributed by atoms with E-state index in [0.717, 1.165) is 28.1 Å². The van der Waals surface area contributed by atoms with E-state index >= 15 is 0 Å². The van der Waals surface area contributed by atoms with Crippen LogP contribution in [0.25, 0.3) is 22.4 Å². The number of aryl methyl sites for hydroxylation is 1. The zero-order chi connectivity index (χ0) is 15.6. The maximum atomic E-state index is 4.58. The first-order chi connectivity index (χ1) is 11.3. The fraction of sp³-hybridized carbons (Fsp3) is 0.133. The third-order valence-electron chi connectivity index (χ3n) is 3.57. The van der Waals surface area contributed by atoms with Gasteiger partial charge in [0.05, 0.1) is 12.2 Å². The zero-order valence-corrected chi connectivity index (χ0v) is 12.4. The maximum absolute atomic E-state index is 4.58. The van der Waals surface area contributed by atoms with Crippen molar-refractivity contribution in [2.45, 2.75) is 6.54 Å². The van der Waals surface area contributed by atoms with Gasteiger partial charge in [0.15, 0.2) is 5.82 Å². The third kappa shape index (κ3) is 2.50. The molecule has 0 amide bonds. The summed E-state index contributed by atoms with van der Waals surface area (Å²) in [7, 11) is 1.81. The minimum atomic E-state index is 0.594. The Labute approximate surface area is 131 Å². The molecule has 8 heteroatoms. The van der Waals surface area contributed by atoms with Gasteiger partial charge in [-0.2, -0.15) is 0 Å². The predicted octanol–water partition coefficient (Wildman–Crippen LogP) is 1.76. The SMILES string of the molecule is Cn1nnnc1-c1cc(NCc2ccccn2)nc2[nH]ccc12. The topological polar surface area (TPSA) is 97.2 Å². The molecule has 8 nitrogen and oxygen atoms in total. The lowest BCUT2D eigenvalue weighted by Crippen LogP contribution is -2.04. The molecule has 2 N–H and O–H groups in total. The first kappa shape index (κ1) is 13.4. The van der Waals surface area contributed by atoms with Crippen molar-refractivity contribution < 1.29 is 0 Å². The summed E-state index contributed by atoms with van der Waals surface area (Å²) in [5, 5.41) is 16.0. The van der Waals surface area contributed by atoms with Crippen molar-refractivity contribution in [3.05, 3.63) is 48.4 Å². The molecular formula is C15H14N8. The number of pyridine rings is 2. The van der Waals surface area contributed by atoms with Gasteiger partial charge in [0, 0.05) is 30.4 Å². The highest BCUT2D eigenvalue weighted by Crippen LogP contribution is 2.27. The molecule has 4 rings (SSSR count). The molecule has 0 radical (unpaired) electrons. The Bertz CT molecular complexity index is 940. The van der Waals surface area contributed by atoms with Crippen LogP contribution in [0.2, 0.25) is 0 Å². The highest BCUT2D eigenvalue weighted by Gasteiger charge is 2.13. The number of hydrogen-bond acceptors (Lipinski definition) is 6. The van der Waals surface area contributed by atoms with Crippen LogP contribution in [0.4, 0.5) is 5.82 Å². The number of hydrogen-bond donors (Lipinski definition) is 2. The van der Waals surface area contributed by atoms with Crippen LogP contribution in [0.15, 0.2) is 42.7 Å². The molecule has 0 aliphatic heterocycles. The second kappa shape index (κ2) is 5.48. The van der Waals surface area contributed by atoms with Crippen molar-refractivity contribution in [1.82, 2.24) is 35.2 Å². The van der Waals surface area contributed by atoms with E-state index in [9.17, 15) is 0 Å². The molecule has 0 saturated heterocycles. The Balaban J connectivity index is 1.72. The molecule has 0 saturated carbocycles. The van der Waals surface area contributed by atoms with Gasteiger partial charge in [-0.15, -0.1) is 5.10 Å². The van der Waals surface area contributed by atoms with Crippen LogP contribution in [-0.2, 0) is 13.6 Å². The van der Waals surface area contributed by atoms with E-state index in [1.165, 1.54) is 0 Å². The number of nitrogens with zero attached hydrogens (tertiary/aromatic N) is 6. The molecule has 23 heavy (non-hydrogen) atoms. The Morgan fingerprint density at radius 2 is 2.22 bits per heavy atom. The summed E-state index contributed by atoms with van der Waals surface area (Å²) in [4.78, 5) is 12.0. The molecule has 0 spiro atoms. The van der Waals surface area contributed by atoms with Crippen LogP contribution in [0.3, 0.4) is 0 Å². The van der Waals surface area contributed by atoms with Crippen LogP contribution in [0.5, 0.6) is 0 Å². The Morgan fingerprint density at radius 3 is 3.00 bits per heavy atom. The van der Waals surface area contributed by atoms with Gasteiger partial charge in [-0.3, -0.25) is 4.98 Å². The quantitative estimate of drug-likeness (QED) is 0.596. The lowest BCUT2D eigenvalue weighted by molar-refractivity contribution is 0.715. The summed E-state index contributed by atoms with van der Waals surface area (Å²) >= 11 is 0. The van der Waals surface area contributed by atoms with Gasteiger partial charge in [0.25, 0.3) is 0 Å². The zero-order valence-electron chi connectivity index (χ0n) is 12.4. The smallest absolute Gasteiger partial charge is 0.182 e. The second-order valence-corrected chi connectivity index (χ2v) is 5.10. The van der Waals surface area contributed by atoms with E-state index in [1.54, 1.807) is 10.9 Å². The van der Waals surface area contributed by atoms with Crippen LogP contribution in [0.1, 0.15) is 5.69 Å². The molecule has 0 fully saturated rings. The van der Waals surface area contributed by atoms with Gasteiger partial charge in [-0.1, -0.05) is 6.07 Å². The van der Waals surface area contributed by atoms with Gasteiger partial charge in [-0.05, 0) is 34.7 Å². The number of nitrogens with one attached hydrogen (secondary N) is 2. The van der Waals surface area contributed by atoms with E-state index in [4.69, 9.17) is 0 Å². The average molecular weight is 306 g/mol. The Hall–Kier alpha value is -3.29. The molecule has 114 valence electrons. The highest BCUT2D eigenvalue weighted by atomic mass is 15.5. The number of fused-ring (bicyclic) bond motifs is 1. The minimum absolute atomic E-state index is 0.594. The van der Waals surface area contributed by atoms with Crippen LogP contribution >= 0.6 is 0 Å². The molecule has 0 aliphatic rings. The third-order valence-corrected chi connectivity index (χ3v) is 3.57. The minimum Gasteiger partial charge on any atom is -0.364 e. The van der Waals surface area contributed by atoms with E-state index in [2.05, 4.69) is 35.8 Å². The first-order valence-corrected chi connectivity index (χ1v) is 7.16. The summed E-state index contributed by atoms with van der Waals surface area (Å²) in [5.74, 6) is 1.43. The lowest BCUT2D eigenvalue weighted by Gasteiger charge is -2.08. The van der Waals surface area contributed by atoms with Crippen LogP contribution in [0, 0.1) is 0 Å². The molecule has 4 aromatic rings. The van der Waals surface area contributed by atoms with Crippen molar-refractivity contribution in [2.24, 2.45) is 7.05 Å². The van der Waals surface area contributed by atoms with Gasteiger partial charge in [0.2, 0.25) is 0 Å². The van der Waals surface area contributed by atoms with E-state index < -0.39 is 0 Å². The first-order valence-electron chi connectivity index (χ1n) is 7.16. The van der Waals surface area contributed by atoms with Crippen molar-refractivity contribution in [3.8, 4) is 11.4 Å². The van der Waals surface area contributed by atoms with Crippen LogP contribution in [-0.4, -0.2) is 35.2 Å². The summed E-state index contributed by atoms with van der Waals surface area (Å²) in [5.41, 5.74) is 2.66. The Morgan fingerprint density at radius 1 is 1.26 bits per heavy atom. The second-order valence-electron chi connectivity index (χ2n) is 5.10. The standard InChI is InChI=1S/C15H14N8/c1-23-15(20-21-22-23)12-8-13(19-14-11(12)5-7-17-14)18-9-10-4-2-3-6-16-10/h2-8H,9H2,1H3,(H2,17,18,19). The van der Waals surface area contributed by atoms with Gasteiger partial charge in [-0.25, -0.2) is 9.67 Å². The van der Waals surface area contributed by atoms with Crippen molar-refractivity contribution in [2.75, 3.05) is 5.32 Å². The van der Waals surface area contributed by atoms with Gasteiger partial charge < -0.3 is 10.3 Å². The van der Waals surface area contributed by atoms with Gasteiger partial charge >= 0.3 is 0 Å². The maximum Gasteiger partial charge on any atom is 0.182 e. The molecule has 0 aliphatic carbocycles. The van der Waals surface area contributed by atoms with Crippen molar-refractivity contribution in [3.63, 3.8) is 0 Å². The monoisotopic (exact) mass is 306 g/mol. The summed E-state index contributed by atoms with van der Waals surface area (Å²) in [6, 6.07) is 9.74. The molecule has 4 aromatic heterocycles. The van der Waals surface area contributed by atoms with E-state index in [1.807, 2.05) is 43.6 Å². The fourth-order valence-electron chi connectivity index (χ4n) is 2.45. The van der Waals surface area contributed by atoms with Gasteiger partial charge in [0.1, 0.15) is 11.5 Å². The number of H-pyrrole nitrogens is 1. The predicted molar refractivity (Wildman–Crippen MR) is 85.4 cm³/mol. The van der Waals surface area contributed by atoms with Crippen LogP contribution < -0.4 is 5.32 Å².